The molecule has 0 aliphatic carbocycles. The van der Waals surface area contributed by atoms with Gasteiger partial charge in [0.25, 0.3) is 0 Å². The van der Waals surface area contributed by atoms with Crippen molar-refractivity contribution >= 4 is 0 Å². The molecule has 0 radical (unpaired) electrons. The SMILES string of the molecule is CCC(C)c1ccc(O)c(O)c1.CCC(C)c1ccc(OC)c(OC)c1. The Morgan fingerprint density at radius 2 is 1.23 bits per heavy atom. The summed E-state index contributed by atoms with van der Waals surface area (Å²) in [6.07, 6.45) is 2.17. The maximum Gasteiger partial charge on any atom is 0.160 e. The number of hydrogen-bond donors (Lipinski definition) is 2. The summed E-state index contributed by atoms with van der Waals surface area (Å²) in [5.41, 5.74) is 2.36. The lowest BCUT2D eigenvalue weighted by Gasteiger charge is -2.13. The van der Waals surface area contributed by atoms with Crippen LogP contribution in [0.3, 0.4) is 0 Å². The molecule has 144 valence electrons. The standard InChI is InChI=1S/C12H18O2.C10H14O2/c1-5-9(2)10-6-7-11(13-3)12(8-10)14-4;1-3-7(2)8-4-5-9(11)10(12)6-8/h6-9H,5H2,1-4H3;4-7,11-12H,3H2,1-2H3. The third-order valence-electron chi connectivity index (χ3n) is 4.77. The first kappa shape index (κ1) is 21.7. The van der Waals surface area contributed by atoms with Crippen molar-refractivity contribution in [1.82, 2.24) is 0 Å². The Kier molecular flexibility index (Phi) is 8.83. The highest BCUT2D eigenvalue weighted by atomic mass is 16.5. The van der Waals surface area contributed by atoms with Crippen LogP contribution in [0, 0.1) is 0 Å². The zero-order chi connectivity index (χ0) is 19.7. The molecule has 0 amide bonds. The van der Waals surface area contributed by atoms with Gasteiger partial charge in [0.05, 0.1) is 14.2 Å². The molecule has 0 spiro atoms. The number of phenolic OH excluding ortho intramolecular Hbond substituents is 2. The Morgan fingerprint density at radius 1 is 0.731 bits per heavy atom. The van der Waals surface area contributed by atoms with Crippen LogP contribution in [0.25, 0.3) is 0 Å². The number of aromatic hydroxyl groups is 2. The van der Waals surface area contributed by atoms with E-state index in [4.69, 9.17) is 14.6 Å². The third-order valence-corrected chi connectivity index (χ3v) is 4.77. The van der Waals surface area contributed by atoms with Crippen LogP contribution < -0.4 is 9.47 Å². The van der Waals surface area contributed by atoms with Crippen molar-refractivity contribution in [3.05, 3.63) is 47.5 Å². The summed E-state index contributed by atoms with van der Waals surface area (Å²) in [6, 6.07) is 11.1. The van der Waals surface area contributed by atoms with Crippen molar-refractivity contribution in [3.63, 3.8) is 0 Å². The molecule has 26 heavy (non-hydrogen) atoms. The van der Waals surface area contributed by atoms with E-state index < -0.39 is 0 Å². The first-order valence-electron chi connectivity index (χ1n) is 9.11. The van der Waals surface area contributed by atoms with Gasteiger partial charge in [0.15, 0.2) is 23.0 Å². The number of hydrogen-bond acceptors (Lipinski definition) is 4. The molecular formula is C22H32O4. The monoisotopic (exact) mass is 360 g/mol. The molecular weight excluding hydrogens is 328 g/mol. The van der Waals surface area contributed by atoms with Crippen molar-refractivity contribution in [2.75, 3.05) is 14.2 Å². The summed E-state index contributed by atoms with van der Waals surface area (Å²) in [7, 11) is 3.32. The van der Waals surface area contributed by atoms with Crippen LogP contribution in [0.5, 0.6) is 23.0 Å². The van der Waals surface area contributed by atoms with Crippen LogP contribution in [0.4, 0.5) is 0 Å². The molecule has 0 heterocycles. The van der Waals surface area contributed by atoms with E-state index in [1.807, 2.05) is 18.2 Å². The lowest BCUT2D eigenvalue weighted by molar-refractivity contribution is 0.354. The van der Waals surface area contributed by atoms with Crippen LogP contribution in [0.1, 0.15) is 63.5 Å². The zero-order valence-electron chi connectivity index (χ0n) is 16.7. The Hall–Kier alpha value is -2.36. The fourth-order valence-corrected chi connectivity index (χ4v) is 2.48. The second-order valence-corrected chi connectivity index (χ2v) is 6.48. The van der Waals surface area contributed by atoms with Gasteiger partial charge in [0.2, 0.25) is 0 Å². The van der Waals surface area contributed by atoms with E-state index in [0.29, 0.717) is 11.8 Å². The summed E-state index contributed by atoms with van der Waals surface area (Å²) in [4.78, 5) is 0. The van der Waals surface area contributed by atoms with Crippen molar-refractivity contribution in [1.29, 1.82) is 0 Å². The highest BCUT2D eigenvalue weighted by molar-refractivity contribution is 5.44. The number of phenols is 2. The molecule has 2 N–H and O–H groups in total. The number of benzene rings is 2. The van der Waals surface area contributed by atoms with Crippen molar-refractivity contribution in [2.45, 2.75) is 52.4 Å². The molecule has 2 aromatic rings. The van der Waals surface area contributed by atoms with Gasteiger partial charge in [0, 0.05) is 0 Å². The first-order valence-corrected chi connectivity index (χ1v) is 9.11. The third kappa shape index (κ3) is 5.87. The van der Waals surface area contributed by atoms with Crippen LogP contribution in [0.2, 0.25) is 0 Å². The minimum absolute atomic E-state index is 0.0344. The number of methoxy groups -OCH3 is 2. The molecule has 0 bridgehead atoms. The van der Waals surface area contributed by atoms with Crippen LogP contribution in [-0.2, 0) is 0 Å². The summed E-state index contributed by atoms with van der Waals surface area (Å²) in [5.74, 6) is 2.51. The van der Waals surface area contributed by atoms with E-state index >= 15 is 0 Å². The predicted octanol–water partition coefficient (Wildman–Crippen LogP) is 5.83. The van der Waals surface area contributed by atoms with Gasteiger partial charge < -0.3 is 19.7 Å². The fraction of sp³-hybridized carbons (Fsp3) is 0.455. The van der Waals surface area contributed by atoms with Gasteiger partial charge in [0.1, 0.15) is 0 Å². The van der Waals surface area contributed by atoms with Crippen LogP contribution >= 0.6 is 0 Å². The highest BCUT2D eigenvalue weighted by Gasteiger charge is 2.08. The Labute approximate surface area is 157 Å². The topological polar surface area (TPSA) is 58.9 Å². The second-order valence-electron chi connectivity index (χ2n) is 6.48. The van der Waals surface area contributed by atoms with Crippen LogP contribution in [0.15, 0.2) is 36.4 Å². The maximum atomic E-state index is 9.19. The lowest BCUT2D eigenvalue weighted by Crippen LogP contribution is -1.95. The molecule has 4 nitrogen and oxygen atoms in total. The van der Waals surface area contributed by atoms with E-state index in [2.05, 4.69) is 33.8 Å². The van der Waals surface area contributed by atoms with Gasteiger partial charge in [-0.05, 0) is 60.1 Å². The summed E-state index contributed by atoms with van der Waals surface area (Å²) < 4.78 is 10.4. The molecule has 2 unspecified atom stereocenters. The predicted molar refractivity (Wildman–Crippen MR) is 107 cm³/mol. The van der Waals surface area contributed by atoms with Crippen LogP contribution in [-0.4, -0.2) is 24.4 Å². The smallest absolute Gasteiger partial charge is 0.160 e. The van der Waals surface area contributed by atoms with E-state index in [-0.39, 0.29) is 11.5 Å². The van der Waals surface area contributed by atoms with E-state index in [1.54, 1.807) is 20.3 Å². The summed E-state index contributed by atoms with van der Waals surface area (Å²) in [5, 5.41) is 18.2. The molecule has 0 saturated heterocycles. The molecule has 0 aromatic heterocycles. The van der Waals surface area contributed by atoms with E-state index in [1.165, 1.54) is 11.6 Å². The Morgan fingerprint density at radius 3 is 1.69 bits per heavy atom. The number of rotatable bonds is 6. The largest absolute Gasteiger partial charge is 0.504 e. The second kappa shape index (κ2) is 10.6. The summed E-state index contributed by atoms with van der Waals surface area (Å²) >= 11 is 0. The lowest BCUT2D eigenvalue weighted by atomic mass is 9.98. The molecule has 2 aromatic carbocycles. The Balaban J connectivity index is 0.000000263. The molecule has 0 saturated carbocycles. The average Bonchev–Trinajstić information content (AvgIpc) is 2.68. The maximum absolute atomic E-state index is 9.19. The first-order chi connectivity index (χ1) is 12.4. The van der Waals surface area contributed by atoms with Crippen molar-refractivity contribution < 1.29 is 19.7 Å². The van der Waals surface area contributed by atoms with Gasteiger partial charge in [-0.1, -0.05) is 39.8 Å². The average molecular weight is 360 g/mol. The van der Waals surface area contributed by atoms with Crippen molar-refractivity contribution in [2.24, 2.45) is 0 Å². The van der Waals surface area contributed by atoms with Gasteiger partial charge >= 0.3 is 0 Å². The molecule has 0 aliphatic rings. The van der Waals surface area contributed by atoms with Gasteiger partial charge in [-0.3, -0.25) is 0 Å². The van der Waals surface area contributed by atoms with Gasteiger partial charge in [-0.15, -0.1) is 0 Å². The molecule has 2 rings (SSSR count). The molecule has 0 fully saturated rings. The van der Waals surface area contributed by atoms with Crippen molar-refractivity contribution in [3.8, 4) is 23.0 Å². The molecule has 4 heteroatoms. The minimum Gasteiger partial charge on any atom is -0.504 e. The summed E-state index contributed by atoms with van der Waals surface area (Å²) in [6.45, 7) is 8.57. The fourth-order valence-electron chi connectivity index (χ4n) is 2.48. The highest BCUT2D eigenvalue weighted by Crippen LogP contribution is 2.31. The van der Waals surface area contributed by atoms with E-state index in [0.717, 1.165) is 29.9 Å². The molecule has 2 atom stereocenters. The zero-order valence-corrected chi connectivity index (χ0v) is 16.7. The minimum atomic E-state index is -0.0537. The normalized spacial score (nSPS) is 12.5. The van der Waals surface area contributed by atoms with Gasteiger partial charge in [-0.2, -0.15) is 0 Å². The van der Waals surface area contributed by atoms with Gasteiger partial charge in [-0.25, -0.2) is 0 Å². The van der Waals surface area contributed by atoms with E-state index in [9.17, 15) is 5.11 Å². The Bertz CT molecular complexity index is 682. The number of ether oxygens (including phenoxy) is 2. The quantitative estimate of drug-likeness (QED) is 0.636. The molecule has 0 aliphatic heterocycles.